The number of nitrogens with zero attached hydrogens (tertiary/aromatic N) is 2. The summed E-state index contributed by atoms with van der Waals surface area (Å²) in [6.07, 6.45) is -0.470. The van der Waals surface area contributed by atoms with E-state index in [1.54, 1.807) is 6.92 Å². The van der Waals surface area contributed by atoms with Crippen LogP contribution in [-0.2, 0) is 6.54 Å². The maximum absolute atomic E-state index is 9.65. The van der Waals surface area contributed by atoms with Crippen molar-refractivity contribution >= 4 is 21.6 Å². The number of hydrogen-bond acceptors (Lipinski definition) is 3. The van der Waals surface area contributed by atoms with Gasteiger partial charge in [0.15, 0.2) is 0 Å². The highest BCUT2D eigenvalue weighted by molar-refractivity contribution is 9.10. The lowest BCUT2D eigenvalue weighted by Gasteiger charge is -2.20. The van der Waals surface area contributed by atoms with E-state index in [-0.39, 0.29) is 0 Å². The molecule has 1 aromatic carbocycles. The zero-order valence-electron chi connectivity index (χ0n) is 12.0. The number of pyridine rings is 1. The predicted molar refractivity (Wildman–Crippen MR) is 85.9 cm³/mol. The monoisotopic (exact) mass is 334 g/mol. The summed E-state index contributed by atoms with van der Waals surface area (Å²) in [6.45, 7) is 4.51. The standard InChI is InChI=1S/C16H19BrN2O/c1-11-5-4-6-13(18-11)10-19(3)14-7-8-15(12(2)20)16(17)9-14/h4-9,12,20H,10H2,1-3H3/t12-/m1/s1. The molecule has 2 aromatic rings. The first-order valence-electron chi connectivity index (χ1n) is 6.58. The lowest BCUT2D eigenvalue weighted by atomic mass is 10.1. The zero-order valence-corrected chi connectivity index (χ0v) is 13.6. The second kappa shape index (κ2) is 6.37. The average Bonchev–Trinajstić information content (AvgIpc) is 2.38. The van der Waals surface area contributed by atoms with Gasteiger partial charge in [0.25, 0.3) is 0 Å². The second-order valence-corrected chi connectivity index (χ2v) is 5.86. The highest BCUT2D eigenvalue weighted by atomic mass is 79.9. The molecule has 0 fully saturated rings. The van der Waals surface area contributed by atoms with E-state index in [4.69, 9.17) is 0 Å². The van der Waals surface area contributed by atoms with Crippen molar-refractivity contribution in [3.63, 3.8) is 0 Å². The van der Waals surface area contributed by atoms with Crippen LogP contribution in [0.5, 0.6) is 0 Å². The number of aliphatic hydroxyl groups is 1. The number of anilines is 1. The Morgan fingerprint density at radius 2 is 2.05 bits per heavy atom. The fourth-order valence-corrected chi connectivity index (χ4v) is 2.81. The largest absolute Gasteiger partial charge is 0.389 e. The van der Waals surface area contributed by atoms with E-state index >= 15 is 0 Å². The fraction of sp³-hybridized carbons (Fsp3) is 0.312. The molecule has 106 valence electrons. The summed E-state index contributed by atoms with van der Waals surface area (Å²) in [5.74, 6) is 0. The number of rotatable bonds is 4. The van der Waals surface area contributed by atoms with E-state index < -0.39 is 6.10 Å². The van der Waals surface area contributed by atoms with Gasteiger partial charge in [-0.1, -0.05) is 28.1 Å². The van der Waals surface area contributed by atoms with E-state index in [1.807, 2.05) is 50.4 Å². The molecule has 0 radical (unpaired) electrons. The molecule has 20 heavy (non-hydrogen) atoms. The minimum Gasteiger partial charge on any atom is -0.389 e. The van der Waals surface area contributed by atoms with Gasteiger partial charge in [0.05, 0.1) is 18.3 Å². The Morgan fingerprint density at radius 3 is 2.65 bits per heavy atom. The molecule has 0 aliphatic heterocycles. The highest BCUT2D eigenvalue weighted by Gasteiger charge is 2.09. The maximum atomic E-state index is 9.65. The molecular formula is C16H19BrN2O. The molecule has 0 unspecified atom stereocenters. The summed E-state index contributed by atoms with van der Waals surface area (Å²) in [5.41, 5.74) is 4.06. The van der Waals surface area contributed by atoms with E-state index in [9.17, 15) is 5.11 Å². The molecule has 0 saturated carbocycles. The van der Waals surface area contributed by atoms with Gasteiger partial charge in [-0.05, 0) is 43.7 Å². The van der Waals surface area contributed by atoms with Crippen LogP contribution in [0.4, 0.5) is 5.69 Å². The number of aryl methyl sites for hydroxylation is 1. The molecule has 4 heteroatoms. The Hall–Kier alpha value is -1.39. The summed E-state index contributed by atoms with van der Waals surface area (Å²) in [6, 6.07) is 12.0. The third-order valence-electron chi connectivity index (χ3n) is 3.22. The fourth-order valence-electron chi connectivity index (χ4n) is 2.11. The number of aliphatic hydroxyl groups excluding tert-OH is 1. The van der Waals surface area contributed by atoms with Crippen molar-refractivity contribution in [2.45, 2.75) is 26.5 Å². The topological polar surface area (TPSA) is 36.4 Å². The van der Waals surface area contributed by atoms with E-state index in [2.05, 4.69) is 25.8 Å². The van der Waals surface area contributed by atoms with Gasteiger partial charge in [-0.25, -0.2) is 0 Å². The van der Waals surface area contributed by atoms with Gasteiger partial charge in [0.1, 0.15) is 0 Å². The lowest BCUT2D eigenvalue weighted by Crippen LogP contribution is -2.17. The number of benzene rings is 1. The first-order chi connectivity index (χ1) is 9.47. The number of halogens is 1. The van der Waals surface area contributed by atoms with Crippen LogP contribution in [0.1, 0.15) is 30.0 Å². The molecule has 0 amide bonds. The summed E-state index contributed by atoms with van der Waals surface area (Å²) in [7, 11) is 2.04. The predicted octanol–water partition coefficient (Wildman–Crippen LogP) is 3.84. The van der Waals surface area contributed by atoms with E-state index in [0.717, 1.165) is 33.7 Å². The second-order valence-electron chi connectivity index (χ2n) is 5.01. The van der Waals surface area contributed by atoms with Crippen LogP contribution in [0.3, 0.4) is 0 Å². The Balaban J connectivity index is 2.17. The first kappa shape index (κ1) is 15.0. The van der Waals surface area contributed by atoms with Gasteiger partial charge in [-0.2, -0.15) is 0 Å². The summed E-state index contributed by atoms with van der Waals surface area (Å²) < 4.78 is 0.925. The Bertz CT molecular complexity index is 599. The smallest absolute Gasteiger partial charge is 0.0772 e. The summed E-state index contributed by atoms with van der Waals surface area (Å²) >= 11 is 3.51. The molecule has 2 rings (SSSR count). The van der Waals surface area contributed by atoms with Crippen LogP contribution in [0.2, 0.25) is 0 Å². The van der Waals surface area contributed by atoms with Gasteiger partial charge < -0.3 is 10.0 Å². The van der Waals surface area contributed by atoms with E-state index in [0.29, 0.717) is 0 Å². The van der Waals surface area contributed by atoms with Crippen LogP contribution in [-0.4, -0.2) is 17.1 Å². The van der Waals surface area contributed by atoms with Crippen molar-refractivity contribution in [2.75, 3.05) is 11.9 Å². The van der Waals surface area contributed by atoms with E-state index in [1.165, 1.54) is 0 Å². The minimum atomic E-state index is -0.470. The third kappa shape index (κ3) is 3.58. The highest BCUT2D eigenvalue weighted by Crippen LogP contribution is 2.28. The van der Waals surface area contributed by atoms with Crippen LogP contribution in [0, 0.1) is 6.92 Å². The first-order valence-corrected chi connectivity index (χ1v) is 7.38. The molecule has 1 aromatic heterocycles. The van der Waals surface area contributed by atoms with Crippen molar-refractivity contribution < 1.29 is 5.11 Å². The third-order valence-corrected chi connectivity index (χ3v) is 3.91. The molecule has 0 bridgehead atoms. The zero-order chi connectivity index (χ0) is 14.7. The van der Waals surface area contributed by atoms with Gasteiger partial charge in [-0.3, -0.25) is 4.98 Å². The average molecular weight is 335 g/mol. The number of hydrogen-bond donors (Lipinski definition) is 1. The van der Waals surface area contributed by atoms with Crippen LogP contribution in [0.15, 0.2) is 40.9 Å². The Labute approximate surface area is 128 Å². The van der Waals surface area contributed by atoms with Crippen molar-refractivity contribution in [3.05, 3.63) is 57.8 Å². The Morgan fingerprint density at radius 1 is 1.30 bits per heavy atom. The maximum Gasteiger partial charge on any atom is 0.0772 e. The normalized spacial score (nSPS) is 12.2. The van der Waals surface area contributed by atoms with Crippen molar-refractivity contribution in [3.8, 4) is 0 Å². The van der Waals surface area contributed by atoms with Crippen LogP contribution in [0.25, 0.3) is 0 Å². The van der Waals surface area contributed by atoms with Crippen LogP contribution < -0.4 is 4.90 Å². The van der Waals surface area contributed by atoms with Crippen molar-refractivity contribution in [1.29, 1.82) is 0 Å². The van der Waals surface area contributed by atoms with Gasteiger partial charge in [0, 0.05) is 22.9 Å². The molecule has 1 N–H and O–H groups in total. The molecule has 0 aliphatic rings. The molecular weight excluding hydrogens is 316 g/mol. The molecule has 3 nitrogen and oxygen atoms in total. The van der Waals surface area contributed by atoms with Gasteiger partial charge >= 0.3 is 0 Å². The minimum absolute atomic E-state index is 0.470. The van der Waals surface area contributed by atoms with Crippen LogP contribution >= 0.6 is 15.9 Å². The molecule has 0 aliphatic carbocycles. The molecule has 0 spiro atoms. The summed E-state index contributed by atoms with van der Waals surface area (Å²) in [5, 5.41) is 9.65. The lowest BCUT2D eigenvalue weighted by molar-refractivity contribution is 0.198. The van der Waals surface area contributed by atoms with Gasteiger partial charge in [-0.15, -0.1) is 0 Å². The molecule has 0 saturated heterocycles. The summed E-state index contributed by atoms with van der Waals surface area (Å²) in [4.78, 5) is 6.65. The molecule has 1 heterocycles. The van der Waals surface area contributed by atoms with Crippen molar-refractivity contribution in [1.82, 2.24) is 4.98 Å². The SMILES string of the molecule is Cc1cccc(CN(C)c2ccc([C@@H](C)O)c(Br)c2)n1. The molecule has 1 atom stereocenters. The van der Waals surface area contributed by atoms with Gasteiger partial charge in [0.2, 0.25) is 0 Å². The quantitative estimate of drug-likeness (QED) is 0.922. The number of aromatic nitrogens is 1. The Kier molecular flexibility index (Phi) is 4.78. The van der Waals surface area contributed by atoms with Crippen molar-refractivity contribution in [2.24, 2.45) is 0 Å².